The first-order valence-electron chi connectivity index (χ1n) is 12.4. The lowest BCUT2D eigenvalue weighted by Gasteiger charge is -2.38. The van der Waals surface area contributed by atoms with Gasteiger partial charge in [-0.05, 0) is 86.6 Å². The largest absolute Gasteiger partial charge is 0.481 e. The van der Waals surface area contributed by atoms with E-state index in [2.05, 4.69) is 42.6 Å². The third-order valence-corrected chi connectivity index (χ3v) is 6.88. The van der Waals surface area contributed by atoms with E-state index in [-0.39, 0.29) is 23.8 Å². The monoisotopic (exact) mass is 468 g/mol. The van der Waals surface area contributed by atoms with E-state index in [0.717, 1.165) is 48.2 Å². The van der Waals surface area contributed by atoms with E-state index in [1.54, 1.807) is 6.92 Å². The number of nitrogens with zero attached hydrogens (tertiary/aromatic N) is 1. The summed E-state index contributed by atoms with van der Waals surface area (Å²) in [6.45, 7) is 6.54. The molecule has 1 N–H and O–H groups in total. The lowest BCUT2D eigenvalue weighted by atomic mass is 9.87. The van der Waals surface area contributed by atoms with Crippen LogP contribution in [0.2, 0.25) is 0 Å². The average Bonchev–Trinajstić information content (AvgIpc) is 3.68. The summed E-state index contributed by atoms with van der Waals surface area (Å²) in [5, 5.41) is 2.93. The minimum Gasteiger partial charge on any atom is -0.481 e. The molecule has 1 aliphatic carbocycles. The molecule has 3 aromatic carbocycles. The highest BCUT2D eigenvalue weighted by molar-refractivity contribution is 5.94. The number of carbonyl (C=O) groups excluding carboxylic acids is 2. The molecule has 35 heavy (non-hydrogen) atoms. The van der Waals surface area contributed by atoms with Gasteiger partial charge in [0.05, 0.1) is 6.04 Å². The molecule has 0 saturated heterocycles. The van der Waals surface area contributed by atoms with E-state index in [1.807, 2.05) is 48.2 Å². The lowest BCUT2D eigenvalue weighted by molar-refractivity contribution is -0.134. The van der Waals surface area contributed by atoms with Crippen molar-refractivity contribution in [1.29, 1.82) is 0 Å². The minimum atomic E-state index is -0.668. The first-order chi connectivity index (χ1) is 16.9. The highest BCUT2D eigenvalue weighted by Gasteiger charge is 2.39. The fourth-order valence-electron chi connectivity index (χ4n) is 4.89. The molecule has 5 rings (SSSR count). The van der Waals surface area contributed by atoms with Crippen molar-refractivity contribution in [2.75, 3.05) is 11.9 Å². The van der Waals surface area contributed by atoms with Crippen LogP contribution < -0.4 is 10.1 Å². The second kappa shape index (κ2) is 9.57. The van der Waals surface area contributed by atoms with Gasteiger partial charge in [0.25, 0.3) is 5.91 Å². The molecule has 2 atom stereocenters. The zero-order valence-electron chi connectivity index (χ0n) is 20.6. The van der Waals surface area contributed by atoms with Crippen molar-refractivity contribution in [1.82, 2.24) is 4.90 Å². The van der Waals surface area contributed by atoms with Crippen molar-refractivity contribution >= 4 is 17.5 Å². The van der Waals surface area contributed by atoms with Gasteiger partial charge in [-0.15, -0.1) is 0 Å². The maximum atomic E-state index is 13.2. The zero-order chi connectivity index (χ0) is 24.5. The molecule has 0 radical (unpaired) electrons. The molecule has 0 spiro atoms. The van der Waals surface area contributed by atoms with Crippen LogP contribution in [-0.2, 0) is 16.0 Å². The molecule has 2 aliphatic rings. The molecular formula is C30H32N2O3. The standard InChI is InChI=1S/C30H32N2O3/c1-19-6-4-8-24(16-19)28-27-18-26(13-12-22(27)14-15-32(28)30(34)23-10-11-23)35-21(3)29(33)31-25-9-5-7-20(2)17-25/h4-9,12-13,16-18,21,23,28H,10-11,14-15H2,1-3H3,(H,31,33). The maximum absolute atomic E-state index is 13.2. The summed E-state index contributed by atoms with van der Waals surface area (Å²) in [5.74, 6) is 0.844. The van der Waals surface area contributed by atoms with Gasteiger partial charge in [-0.2, -0.15) is 0 Å². The Labute approximate surface area is 207 Å². The Bertz CT molecular complexity index is 1260. The van der Waals surface area contributed by atoms with Crippen LogP contribution in [0.3, 0.4) is 0 Å². The summed E-state index contributed by atoms with van der Waals surface area (Å²) in [5.41, 5.74) is 6.42. The molecule has 0 aromatic heterocycles. The van der Waals surface area contributed by atoms with E-state index in [4.69, 9.17) is 4.74 Å². The van der Waals surface area contributed by atoms with Gasteiger partial charge >= 0.3 is 0 Å². The normalized spacial score (nSPS) is 17.9. The van der Waals surface area contributed by atoms with E-state index in [9.17, 15) is 9.59 Å². The molecule has 1 saturated carbocycles. The van der Waals surface area contributed by atoms with Crippen LogP contribution in [0.1, 0.15) is 53.6 Å². The summed E-state index contributed by atoms with van der Waals surface area (Å²) in [7, 11) is 0. The molecule has 5 heteroatoms. The summed E-state index contributed by atoms with van der Waals surface area (Å²) in [6.07, 6.45) is 2.12. The van der Waals surface area contributed by atoms with Crippen LogP contribution >= 0.6 is 0 Å². The van der Waals surface area contributed by atoms with Gasteiger partial charge in [-0.25, -0.2) is 0 Å². The zero-order valence-corrected chi connectivity index (χ0v) is 20.6. The van der Waals surface area contributed by atoms with Crippen LogP contribution in [-0.4, -0.2) is 29.4 Å². The SMILES string of the molecule is Cc1cccc(NC(=O)C(C)Oc2ccc3c(c2)C(c2cccc(C)c2)N(C(=O)C2CC2)CC3)c1. The molecule has 0 bridgehead atoms. The van der Waals surface area contributed by atoms with Gasteiger partial charge < -0.3 is 15.0 Å². The molecule has 1 aliphatic heterocycles. The van der Waals surface area contributed by atoms with Crippen LogP contribution in [0, 0.1) is 19.8 Å². The number of ether oxygens (including phenoxy) is 1. The van der Waals surface area contributed by atoms with Gasteiger partial charge in [0.15, 0.2) is 6.10 Å². The Balaban J connectivity index is 1.41. The quantitative estimate of drug-likeness (QED) is 0.513. The number of benzene rings is 3. The number of anilines is 1. The Kier molecular flexibility index (Phi) is 6.33. The minimum absolute atomic E-state index is 0.147. The maximum Gasteiger partial charge on any atom is 0.265 e. The van der Waals surface area contributed by atoms with Crippen LogP contribution in [0.15, 0.2) is 66.7 Å². The molecule has 1 heterocycles. The van der Waals surface area contributed by atoms with E-state index >= 15 is 0 Å². The highest BCUT2D eigenvalue weighted by Crippen LogP contribution is 2.41. The molecule has 2 amide bonds. The molecule has 3 aromatic rings. The first kappa shape index (κ1) is 23.2. The molecule has 2 unspecified atom stereocenters. The number of fused-ring (bicyclic) bond motifs is 1. The molecular weight excluding hydrogens is 436 g/mol. The number of hydrogen-bond donors (Lipinski definition) is 1. The summed E-state index contributed by atoms with van der Waals surface area (Å²) >= 11 is 0. The number of aryl methyl sites for hydroxylation is 2. The van der Waals surface area contributed by atoms with E-state index in [0.29, 0.717) is 5.75 Å². The van der Waals surface area contributed by atoms with Crippen molar-refractivity contribution < 1.29 is 14.3 Å². The molecule has 5 nitrogen and oxygen atoms in total. The van der Waals surface area contributed by atoms with Crippen molar-refractivity contribution in [2.45, 2.75) is 52.2 Å². The first-order valence-corrected chi connectivity index (χ1v) is 12.4. The van der Waals surface area contributed by atoms with E-state index in [1.165, 1.54) is 11.1 Å². The summed E-state index contributed by atoms with van der Waals surface area (Å²) in [4.78, 5) is 28.1. The molecule has 1 fully saturated rings. The van der Waals surface area contributed by atoms with Crippen molar-refractivity contribution in [3.05, 3.63) is 94.5 Å². The second-order valence-electron chi connectivity index (χ2n) is 9.85. The predicted molar refractivity (Wildman–Crippen MR) is 138 cm³/mol. The van der Waals surface area contributed by atoms with Crippen LogP contribution in [0.5, 0.6) is 5.75 Å². The number of hydrogen-bond acceptors (Lipinski definition) is 3. The number of amides is 2. The van der Waals surface area contributed by atoms with Gasteiger partial charge in [-0.3, -0.25) is 9.59 Å². The van der Waals surface area contributed by atoms with Crippen molar-refractivity contribution in [3.8, 4) is 5.75 Å². The van der Waals surface area contributed by atoms with Crippen LogP contribution in [0.25, 0.3) is 0 Å². The van der Waals surface area contributed by atoms with Crippen molar-refractivity contribution in [2.24, 2.45) is 5.92 Å². The fourth-order valence-corrected chi connectivity index (χ4v) is 4.89. The highest BCUT2D eigenvalue weighted by atomic mass is 16.5. The van der Waals surface area contributed by atoms with E-state index < -0.39 is 6.10 Å². The average molecular weight is 469 g/mol. The Morgan fingerprint density at radius 3 is 2.43 bits per heavy atom. The third-order valence-electron chi connectivity index (χ3n) is 6.88. The van der Waals surface area contributed by atoms with Crippen LogP contribution in [0.4, 0.5) is 5.69 Å². The van der Waals surface area contributed by atoms with Gasteiger partial charge in [0, 0.05) is 18.2 Å². The topological polar surface area (TPSA) is 58.6 Å². The number of rotatable bonds is 6. The fraction of sp³-hybridized carbons (Fsp3) is 0.333. The predicted octanol–water partition coefficient (Wildman–Crippen LogP) is 5.59. The Hall–Kier alpha value is -3.60. The Morgan fingerprint density at radius 1 is 0.971 bits per heavy atom. The smallest absolute Gasteiger partial charge is 0.265 e. The number of nitrogens with one attached hydrogen (secondary N) is 1. The second-order valence-corrected chi connectivity index (χ2v) is 9.85. The number of carbonyl (C=O) groups is 2. The summed E-state index contributed by atoms with van der Waals surface area (Å²) < 4.78 is 6.09. The van der Waals surface area contributed by atoms with Gasteiger partial charge in [0.1, 0.15) is 5.75 Å². The van der Waals surface area contributed by atoms with Crippen molar-refractivity contribution in [3.63, 3.8) is 0 Å². The third kappa shape index (κ3) is 5.09. The molecule has 180 valence electrons. The Morgan fingerprint density at radius 2 is 1.71 bits per heavy atom. The van der Waals surface area contributed by atoms with Gasteiger partial charge in [-0.1, -0.05) is 48.0 Å². The van der Waals surface area contributed by atoms with Gasteiger partial charge in [0.2, 0.25) is 5.91 Å². The summed E-state index contributed by atoms with van der Waals surface area (Å²) in [6, 6.07) is 22.0. The lowest BCUT2D eigenvalue weighted by Crippen LogP contribution is -2.41.